The summed E-state index contributed by atoms with van der Waals surface area (Å²) in [6.45, 7) is 0.754. The van der Waals surface area contributed by atoms with E-state index in [0.29, 0.717) is 6.54 Å². The minimum atomic E-state index is 0.0423. The first-order valence-corrected chi connectivity index (χ1v) is 7.10. The fourth-order valence-corrected chi connectivity index (χ4v) is 3.27. The summed E-state index contributed by atoms with van der Waals surface area (Å²) >= 11 is 5.05. The van der Waals surface area contributed by atoms with Gasteiger partial charge in [-0.1, -0.05) is 18.2 Å². The molecule has 5 heteroatoms. The molecule has 2 aromatic rings. The second-order valence-electron chi connectivity index (χ2n) is 3.72. The number of aliphatic hydroxyl groups is 1. The first-order valence-electron chi connectivity index (χ1n) is 5.49. The fraction of sp³-hybridized carbons (Fsp3) is 0.231. The maximum Gasteiger partial charge on any atom is 0.188 e. The van der Waals surface area contributed by atoms with Crippen molar-refractivity contribution in [1.29, 1.82) is 0 Å². The summed E-state index contributed by atoms with van der Waals surface area (Å²) in [5, 5.41) is 13.4. The molecule has 0 aliphatic rings. The third-order valence-electron chi connectivity index (χ3n) is 2.53. The Bertz CT molecular complexity index is 527. The van der Waals surface area contributed by atoms with E-state index in [9.17, 15) is 5.11 Å². The van der Waals surface area contributed by atoms with E-state index < -0.39 is 0 Å². The van der Waals surface area contributed by atoms with Gasteiger partial charge in [-0.05, 0) is 28.1 Å². The molecule has 2 N–H and O–H groups in total. The Balaban J connectivity index is 2.06. The Morgan fingerprint density at radius 3 is 2.83 bits per heavy atom. The minimum Gasteiger partial charge on any atom is -0.486 e. The first kappa shape index (κ1) is 13.4. The molecule has 0 fully saturated rings. The van der Waals surface area contributed by atoms with Crippen molar-refractivity contribution < 1.29 is 9.84 Å². The SMILES string of the molecule is COc1sc(CNc2ccccc2CO)cc1Br. The monoisotopic (exact) mass is 327 g/mol. The predicted molar refractivity (Wildman–Crippen MR) is 78.3 cm³/mol. The van der Waals surface area contributed by atoms with E-state index in [1.54, 1.807) is 18.4 Å². The van der Waals surface area contributed by atoms with Gasteiger partial charge in [0.15, 0.2) is 5.06 Å². The summed E-state index contributed by atoms with van der Waals surface area (Å²) in [6.07, 6.45) is 0. The number of thiophene rings is 1. The number of halogens is 1. The summed E-state index contributed by atoms with van der Waals surface area (Å²) in [6, 6.07) is 9.78. The molecule has 0 amide bonds. The van der Waals surface area contributed by atoms with Gasteiger partial charge in [0.2, 0.25) is 0 Å². The van der Waals surface area contributed by atoms with Crippen molar-refractivity contribution in [2.24, 2.45) is 0 Å². The zero-order chi connectivity index (χ0) is 13.0. The van der Waals surface area contributed by atoms with E-state index in [4.69, 9.17) is 4.74 Å². The van der Waals surface area contributed by atoms with Gasteiger partial charge in [0.25, 0.3) is 0 Å². The molecule has 0 spiro atoms. The molecule has 1 aromatic carbocycles. The Kier molecular flexibility index (Phi) is 4.63. The maximum atomic E-state index is 9.24. The van der Waals surface area contributed by atoms with E-state index in [-0.39, 0.29) is 6.61 Å². The number of rotatable bonds is 5. The maximum absolute atomic E-state index is 9.24. The van der Waals surface area contributed by atoms with Crippen LogP contribution < -0.4 is 10.1 Å². The number of nitrogens with one attached hydrogen (secondary N) is 1. The van der Waals surface area contributed by atoms with Crippen LogP contribution in [0.1, 0.15) is 10.4 Å². The molecular weight excluding hydrogens is 314 g/mol. The van der Waals surface area contributed by atoms with Crippen LogP contribution in [0.3, 0.4) is 0 Å². The van der Waals surface area contributed by atoms with Crippen molar-refractivity contribution in [3.8, 4) is 5.06 Å². The van der Waals surface area contributed by atoms with Crippen LogP contribution in [-0.2, 0) is 13.2 Å². The average molecular weight is 328 g/mol. The molecule has 96 valence electrons. The molecule has 0 aliphatic heterocycles. The summed E-state index contributed by atoms with van der Waals surface area (Å²) in [5.74, 6) is 0. The van der Waals surface area contributed by atoms with Crippen LogP contribution in [0.25, 0.3) is 0 Å². The quantitative estimate of drug-likeness (QED) is 0.881. The second kappa shape index (κ2) is 6.22. The largest absolute Gasteiger partial charge is 0.486 e. The van der Waals surface area contributed by atoms with Crippen molar-refractivity contribution >= 4 is 33.0 Å². The Labute approximate surface area is 119 Å². The highest BCUT2D eigenvalue weighted by Crippen LogP contribution is 2.35. The Hall–Kier alpha value is -1.04. The Morgan fingerprint density at radius 2 is 2.17 bits per heavy atom. The zero-order valence-electron chi connectivity index (χ0n) is 9.94. The van der Waals surface area contributed by atoms with Crippen molar-refractivity contribution in [2.75, 3.05) is 12.4 Å². The van der Waals surface area contributed by atoms with Crippen LogP contribution in [0.2, 0.25) is 0 Å². The number of aliphatic hydroxyl groups excluding tert-OH is 1. The van der Waals surface area contributed by atoms with Crippen molar-refractivity contribution in [3.05, 3.63) is 45.2 Å². The molecule has 0 radical (unpaired) electrons. The van der Waals surface area contributed by atoms with Crippen LogP contribution in [0.15, 0.2) is 34.8 Å². The van der Waals surface area contributed by atoms with E-state index >= 15 is 0 Å². The van der Waals surface area contributed by atoms with Gasteiger partial charge >= 0.3 is 0 Å². The van der Waals surface area contributed by atoms with Crippen molar-refractivity contribution in [2.45, 2.75) is 13.2 Å². The van der Waals surface area contributed by atoms with Crippen LogP contribution in [0.5, 0.6) is 5.06 Å². The molecule has 1 aromatic heterocycles. The first-order chi connectivity index (χ1) is 8.74. The minimum absolute atomic E-state index is 0.0423. The number of hydrogen-bond donors (Lipinski definition) is 2. The van der Waals surface area contributed by atoms with Crippen LogP contribution in [-0.4, -0.2) is 12.2 Å². The molecule has 0 atom stereocenters. The molecule has 18 heavy (non-hydrogen) atoms. The molecule has 0 aliphatic carbocycles. The summed E-state index contributed by atoms with van der Waals surface area (Å²) < 4.78 is 6.20. The van der Waals surface area contributed by atoms with E-state index in [1.165, 1.54) is 4.88 Å². The lowest BCUT2D eigenvalue weighted by molar-refractivity contribution is 0.282. The van der Waals surface area contributed by atoms with Gasteiger partial charge in [0.05, 0.1) is 18.2 Å². The topological polar surface area (TPSA) is 41.5 Å². The smallest absolute Gasteiger partial charge is 0.188 e. The summed E-state index contributed by atoms with van der Waals surface area (Å²) in [7, 11) is 1.66. The molecule has 1 heterocycles. The van der Waals surface area contributed by atoms with E-state index in [2.05, 4.69) is 21.2 Å². The van der Waals surface area contributed by atoms with Crippen LogP contribution in [0, 0.1) is 0 Å². The van der Waals surface area contributed by atoms with Crippen molar-refractivity contribution in [1.82, 2.24) is 0 Å². The Morgan fingerprint density at radius 1 is 1.39 bits per heavy atom. The highest BCUT2D eigenvalue weighted by Gasteiger charge is 2.07. The zero-order valence-corrected chi connectivity index (χ0v) is 12.3. The van der Waals surface area contributed by atoms with Gasteiger partial charge in [-0.3, -0.25) is 0 Å². The van der Waals surface area contributed by atoms with Gasteiger partial charge in [-0.15, -0.1) is 11.3 Å². The third-order valence-corrected chi connectivity index (χ3v) is 4.48. The highest BCUT2D eigenvalue weighted by atomic mass is 79.9. The lowest BCUT2D eigenvalue weighted by Gasteiger charge is -2.08. The lowest BCUT2D eigenvalue weighted by atomic mass is 10.2. The van der Waals surface area contributed by atoms with E-state index in [0.717, 1.165) is 20.8 Å². The third kappa shape index (κ3) is 3.04. The molecular formula is C13H14BrNO2S. The van der Waals surface area contributed by atoms with Crippen molar-refractivity contribution in [3.63, 3.8) is 0 Å². The summed E-state index contributed by atoms with van der Waals surface area (Å²) in [4.78, 5) is 1.17. The van der Waals surface area contributed by atoms with Crippen LogP contribution in [0.4, 0.5) is 5.69 Å². The second-order valence-corrected chi connectivity index (χ2v) is 5.67. The van der Waals surface area contributed by atoms with Gasteiger partial charge in [-0.2, -0.15) is 0 Å². The number of ether oxygens (including phenoxy) is 1. The fourth-order valence-electron chi connectivity index (χ4n) is 1.64. The van der Waals surface area contributed by atoms with Gasteiger partial charge in [0, 0.05) is 22.7 Å². The standard InChI is InChI=1S/C13H14BrNO2S/c1-17-13-11(14)6-10(18-13)7-15-12-5-3-2-4-9(12)8-16/h2-6,15-16H,7-8H2,1H3. The number of anilines is 1. The number of para-hydroxylation sites is 1. The number of benzene rings is 1. The van der Waals surface area contributed by atoms with Gasteiger partial charge in [-0.25, -0.2) is 0 Å². The molecule has 3 nitrogen and oxygen atoms in total. The molecule has 0 bridgehead atoms. The van der Waals surface area contributed by atoms with E-state index in [1.807, 2.05) is 30.3 Å². The van der Waals surface area contributed by atoms with Gasteiger partial charge < -0.3 is 15.2 Å². The summed E-state index contributed by atoms with van der Waals surface area (Å²) in [5.41, 5.74) is 1.86. The predicted octanol–water partition coefficient (Wildman–Crippen LogP) is 3.62. The van der Waals surface area contributed by atoms with Gasteiger partial charge in [0.1, 0.15) is 0 Å². The molecule has 0 saturated carbocycles. The molecule has 2 rings (SSSR count). The number of methoxy groups -OCH3 is 1. The highest BCUT2D eigenvalue weighted by molar-refractivity contribution is 9.10. The lowest BCUT2D eigenvalue weighted by Crippen LogP contribution is -2.00. The van der Waals surface area contributed by atoms with Crippen LogP contribution >= 0.6 is 27.3 Å². The average Bonchev–Trinajstić information content (AvgIpc) is 2.77. The number of hydrogen-bond acceptors (Lipinski definition) is 4. The molecule has 0 unspecified atom stereocenters. The molecule has 0 saturated heterocycles. The normalized spacial score (nSPS) is 10.4.